The Morgan fingerprint density at radius 1 is 1.24 bits per heavy atom. The number of halogens is 1. The molecule has 2 rings (SSSR count). The van der Waals surface area contributed by atoms with Gasteiger partial charge in [0.2, 0.25) is 0 Å². The first-order valence-corrected chi connectivity index (χ1v) is 9.38. The van der Waals surface area contributed by atoms with Crippen molar-refractivity contribution >= 4 is 30.6 Å². The molecule has 2 aromatic rings. The van der Waals surface area contributed by atoms with Crippen LogP contribution in [0, 0.1) is 6.92 Å². The van der Waals surface area contributed by atoms with Crippen molar-refractivity contribution in [1.29, 1.82) is 0 Å². The quantitative estimate of drug-likeness (QED) is 0.575. The number of hydrogen-bond acceptors (Lipinski definition) is 3. The van der Waals surface area contributed by atoms with E-state index in [1.807, 2.05) is 22.8 Å². The van der Waals surface area contributed by atoms with Crippen molar-refractivity contribution in [3.8, 4) is 0 Å². The van der Waals surface area contributed by atoms with Crippen LogP contribution < -0.4 is 0 Å². The highest BCUT2D eigenvalue weighted by Crippen LogP contribution is 2.31. The van der Waals surface area contributed by atoms with Crippen LogP contribution in [0.3, 0.4) is 0 Å². The van der Waals surface area contributed by atoms with Gasteiger partial charge < -0.3 is 9.30 Å². The van der Waals surface area contributed by atoms with Gasteiger partial charge in [0, 0.05) is 40.4 Å². The number of para-hydroxylation sites is 1. The van der Waals surface area contributed by atoms with Gasteiger partial charge in [-0.25, -0.2) is 8.42 Å². The normalized spacial score (nSPS) is 12.1. The molecule has 0 amide bonds. The molecular formula is C15H20ClNO3S. The van der Waals surface area contributed by atoms with Gasteiger partial charge in [-0.05, 0) is 19.4 Å². The van der Waals surface area contributed by atoms with E-state index in [9.17, 15) is 8.42 Å². The predicted molar refractivity (Wildman–Crippen MR) is 85.4 cm³/mol. The fourth-order valence-corrected chi connectivity index (χ4v) is 3.98. The lowest BCUT2D eigenvalue weighted by Crippen LogP contribution is -2.08. The average Bonchev–Trinajstić information content (AvgIpc) is 2.71. The number of ether oxygens (including phenoxy) is 1. The van der Waals surface area contributed by atoms with Crippen LogP contribution in [0.1, 0.15) is 25.5 Å². The molecule has 0 aliphatic rings. The zero-order valence-electron chi connectivity index (χ0n) is 12.3. The topological polar surface area (TPSA) is 48.3 Å². The minimum absolute atomic E-state index is 0.202. The van der Waals surface area contributed by atoms with Gasteiger partial charge in [-0.2, -0.15) is 0 Å². The van der Waals surface area contributed by atoms with Crippen LogP contribution in [0.2, 0.25) is 0 Å². The summed E-state index contributed by atoms with van der Waals surface area (Å²) >= 11 is 0. The van der Waals surface area contributed by atoms with Crippen molar-refractivity contribution in [2.24, 2.45) is 0 Å². The first-order valence-electron chi connectivity index (χ1n) is 7.07. The molecule has 0 aliphatic heterocycles. The molecule has 116 valence electrons. The highest BCUT2D eigenvalue weighted by Gasteiger charge is 2.22. The van der Waals surface area contributed by atoms with E-state index in [1.165, 1.54) is 0 Å². The summed E-state index contributed by atoms with van der Waals surface area (Å²) in [6.07, 6.45) is 2.13. The molecule has 21 heavy (non-hydrogen) atoms. The Balaban J connectivity index is 2.34. The number of hydrogen-bond donors (Lipinski definition) is 0. The van der Waals surface area contributed by atoms with Crippen molar-refractivity contribution in [3.05, 3.63) is 30.0 Å². The molecule has 0 N–H and O–H groups in total. The van der Waals surface area contributed by atoms with Crippen LogP contribution in [0.25, 0.3) is 10.9 Å². The number of unbranched alkanes of at least 4 members (excludes halogenated alkanes) is 1. The Morgan fingerprint density at radius 2 is 1.95 bits per heavy atom. The molecule has 0 spiro atoms. The molecule has 0 fully saturated rings. The molecule has 1 heterocycles. The van der Waals surface area contributed by atoms with E-state index >= 15 is 0 Å². The van der Waals surface area contributed by atoms with E-state index in [4.69, 9.17) is 15.4 Å². The number of nitrogens with zero attached hydrogens (tertiary/aromatic N) is 1. The van der Waals surface area contributed by atoms with Gasteiger partial charge in [-0.3, -0.25) is 0 Å². The fraction of sp³-hybridized carbons (Fsp3) is 0.467. The molecule has 0 atom stereocenters. The van der Waals surface area contributed by atoms with Crippen LogP contribution in [0.15, 0.2) is 29.2 Å². The lowest BCUT2D eigenvalue weighted by atomic mass is 10.2. The van der Waals surface area contributed by atoms with E-state index in [-0.39, 0.29) is 4.90 Å². The zero-order chi connectivity index (χ0) is 15.5. The molecule has 4 nitrogen and oxygen atoms in total. The van der Waals surface area contributed by atoms with Gasteiger partial charge in [0.1, 0.15) is 4.90 Å². The van der Waals surface area contributed by atoms with E-state index in [0.29, 0.717) is 24.2 Å². The van der Waals surface area contributed by atoms with Crippen molar-refractivity contribution in [1.82, 2.24) is 4.57 Å². The van der Waals surface area contributed by atoms with Crippen LogP contribution in [-0.2, 0) is 20.3 Å². The Kier molecular flexibility index (Phi) is 5.30. The molecule has 1 aromatic heterocycles. The average molecular weight is 330 g/mol. The summed E-state index contributed by atoms with van der Waals surface area (Å²) in [7, 11) is 1.82. The third-order valence-electron chi connectivity index (χ3n) is 3.52. The number of benzene rings is 1. The van der Waals surface area contributed by atoms with Gasteiger partial charge in [0.25, 0.3) is 9.05 Å². The van der Waals surface area contributed by atoms with Crippen molar-refractivity contribution in [2.45, 2.75) is 38.1 Å². The molecule has 0 saturated carbocycles. The summed E-state index contributed by atoms with van der Waals surface area (Å²) < 4.78 is 31.2. The maximum Gasteiger partial charge on any atom is 0.263 e. The SMILES string of the molecule is CCCCOCCn1c(C)c(S(=O)(=O)Cl)c2ccccc21. The van der Waals surface area contributed by atoms with Crippen LogP contribution in [-0.4, -0.2) is 26.2 Å². The summed E-state index contributed by atoms with van der Waals surface area (Å²) in [5, 5.41) is 0.665. The predicted octanol–water partition coefficient (Wildman–Crippen LogP) is 3.69. The number of fused-ring (bicyclic) bond motifs is 1. The highest BCUT2D eigenvalue weighted by molar-refractivity contribution is 8.14. The van der Waals surface area contributed by atoms with E-state index in [2.05, 4.69) is 6.92 Å². The second kappa shape index (κ2) is 6.81. The fourth-order valence-electron chi connectivity index (χ4n) is 2.50. The van der Waals surface area contributed by atoms with Crippen LogP contribution >= 0.6 is 10.7 Å². The highest BCUT2D eigenvalue weighted by atomic mass is 35.7. The molecular weight excluding hydrogens is 310 g/mol. The summed E-state index contributed by atoms with van der Waals surface area (Å²) in [6.45, 7) is 5.80. The number of aromatic nitrogens is 1. The van der Waals surface area contributed by atoms with Gasteiger partial charge in [0.05, 0.1) is 6.61 Å². The molecule has 6 heteroatoms. The summed E-state index contributed by atoms with van der Waals surface area (Å²) in [5.41, 5.74) is 1.53. The summed E-state index contributed by atoms with van der Waals surface area (Å²) in [4.78, 5) is 0.202. The standard InChI is InChI=1S/C15H20ClNO3S/c1-3-4-10-20-11-9-17-12(2)15(21(16,18)19)13-7-5-6-8-14(13)17/h5-8H,3-4,9-11H2,1-2H3. The Hall–Kier alpha value is -1.04. The summed E-state index contributed by atoms with van der Waals surface area (Å²) in [5.74, 6) is 0. The lowest BCUT2D eigenvalue weighted by Gasteiger charge is -2.09. The molecule has 0 unspecified atom stereocenters. The third kappa shape index (κ3) is 3.59. The molecule has 0 radical (unpaired) electrons. The van der Waals surface area contributed by atoms with Crippen molar-refractivity contribution in [3.63, 3.8) is 0 Å². The molecule has 0 bridgehead atoms. The minimum Gasteiger partial charge on any atom is -0.380 e. The monoisotopic (exact) mass is 329 g/mol. The second-order valence-electron chi connectivity index (χ2n) is 4.99. The maximum absolute atomic E-state index is 11.8. The van der Waals surface area contributed by atoms with Gasteiger partial charge in [-0.15, -0.1) is 0 Å². The lowest BCUT2D eigenvalue weighted by molar-refractivity contribution is 0.124. The minimum atomic E-state index is -3.77. The first-order chi connectivity index (χ1) is 9.96. The van der Waals surface area contributed by atoms with Gasteiger partial charge in [0.15, 0.2) is 0 Å². The third-order valence-corrected chi connectivity index (χ3v) is 4.98. The van der Waals surface area contributed by atoms with Gasteiger partial charge in [-0.1, -0.05) is 31.5 Å². The Labute approximate surface area is 130 Å². The van der Waals surface area contributed by atoms with E-state index in [1.54, 1.807) is 13.0 Å². The first kappa shape index (κ1) is 16.3. The molecule has 0 saturated heterocycles. The summed E-state index contributed by atoms with van der Waals surface area (Å²) in [6, 6.07) is 7.39. The van der Waals surface area contributed by atoms with Crippen molar-refractivity contribution in [2.75, 3.05) is 13.2 Å². The Morgan fingerprint density at radius 3 is 2.62 bits per heavy atom. The molecule has 0 aliphatic carbocycles. The molecule has 1 aromatic carbocycles. The smallest absolute Gasteiger partial charge is 0.263 e. The van der Waals surface area contributed by atoms with Gasteiger partial charge >= 0.3 is 0 Å². The number of rotatable bonds is 7. The van der Waals surface area contributed by atoms with Crippen LogP contribution in [0.5, 0.6) is 0 Å². The van der Waals surface area contributed by atoms with Crippen molar-refractivity contribution < 1.29 is 13.2 Å². The van der Waals surface area contributed by atoms with Crippen LogP contribution in [0.4, 0.5) is 0 Å². The Bertz CT molecular complexity index is 722. The maximum atomic E-state index is 11.8. The van der Waals surface area contributed by atoms with E-state index in [0.717, 1.165) is 25.0 Å². The zero-order valence-corrected chi connectivity index (χ0v) is 13.9. The van der Waals surface area contributed by atoms with E-state index < -0.39 is 9.05 Å². The second-order valence-corrected chi connectivity index (χ2v) is 7.49. The largest absolute Gasteiger partial charge is 0.380 e.